The molecular formula is C9H9ClN2. The predicted molar refractivity (Wildman–Crippen MR) is 50.0 cm³/mol. The Morgan fingerprint density at radius 2 is 1.83 bits per heavy atom. The van der Waals surface area contributed by atoms with Gasteiger partial charge in [0.05, 0.1) is 17.3 Å². The molecule has 1 aliphatic heterocycles. The molecule has 1 aliphatic rings. The zero-order valence-corrected chi connectivity index (χ0v) is 7.29. The van der Waals surface area contributed by atoms with Crippen LogP contribution in [-0.4, -0.2) is 6.54 Å². The fourth-order valence-corrected chi connectivity index (χ4v) is 1.04. The van der Waals surface area contributed by atoms with Gasteiger partial charge in [0.15, 0.2) is 0 Å². The molecule has 1 aromatic rings. The summed E-state index contributed by atoms with van der Waals surface area (Å²) in [5, 5.41) is 1.94. The first-order chi connectivity index (χ1) is 5.47. The maximum absolute atomic E-state index is 4.31. The first kappa shape index (κ1) is 8.94. The third kappa shape index (κ3) is 1.71. The van der Waals surface area contributed by atoms with Gasteiger partial charge >= 0.3 is 0 Å². The van der Waals surface area contributed by atoms with E-state index in [4.69, 9.17) is 0 Å². The number of nitrogens with zero attached hydrogens (tertiary/aromatic N) is 2. The molecule has 12 heavy (non-hydrogen) atoms. The summed E-state index contributed by atoms with van der Waals surface area (Å²) in [7, 11) is 0. The largest absolute Gasteiger partial charge is 0.279 e. The topological polar surface area (TPSA) is 24.7 Å². The van der Waals surface area contributed by atoms with Gasteiger partial charge in [0.2, 0.25) is 0 Å². The molecule has 0 saturated carbocycles. The van der Waals surface area contributed by atoms with E-state index < -0.39 is 0 Å². The van der Waals surface area contributed by atoms with Gasteiger partial charge in [-0.2, -0.15) is 0 Å². The molecule has 0 radical (unpaired) electrons. The molecule has 0 fully saturated rings. The summed E-state index contributed by atoms with van der Waals surface area (Å²) in [5.41, 5.74) is 0. The van der Waals surface area contributed by atoms with Crippen LogP contribution in [0.15, 0.2) is 46.5 Å². The van der Waals surface area contributed by atoms with Gasteiger partial charge < -0.3 is 0 Å². The minimum absolute atomic E-state index is 0. The molecule has 2 nitrogen and oxygen atoms in total. The Morgan fingerprint density at radius 3 is 2.67 bits per heavy atom. The lowest BCUT2D eigenvalue weighted by atomic mass is 10.3. The molecule has 0 aliphatic carbocycles. The number of para-hydroxylation sites is 2. The van der Waals surface area contributed by atoms with Crippen LogP contribution in [0.1, 0.15) is 0 Å². The van der Waals surface area contributed by atoms with E-state index in [1.165, 1.54) is 0 Å². The lowest BCUT2D eigenvalue weighted by Crippen LogP contribution is -2.23. The average Bonchev–Trinajstić information content (AvgIpc) is 2.28. The Labute approximate surface area is 76.8 Å². The SMILES string of the molecule is C1=CN=c2ccccc2=NC1.Cl. The van der Waals surface area contributed by atoms with Crippen molar-refractivity contribution < 1.29 is 0 Å². The summed E-state index contributed by atoms with van der Waals surface area (Å²) in [5.74, 6) is 0. The maximum atomic E-state index is 4.31. The van der Waals surface area contributed by atoms with E-state index in [9.17, 15) is 0 Å². The molecule has 0 aromatic heterocycles. The van der Waals surface area contributed by atoms with E-state index in [2.05, 4.69) is 9.98 Å². The fourth-order valence-electron chi connectivity index (χ4n) is 1.04. The summed E-state index contributed by atoms with van der Waals surface area (Å²) in [6, 6.07) is 7.89. The second kappa shape index (κ2) is 4.02. The van der Waals surface area contributed by atoms with Gasteiger partial charge in [-0.25, -0.2) is 0 Å². The molecule has 62 valence electrons. The van der Waals surface area contributed by atoms with Crippen LogP contribution in [0.5, 0.6) is 0 Å². The van der Waals surface area contributed by atoms with Crippen molar-refractivity contribution in [2.24, 2.45) is 9.98 Å². The number of benzene rings is 1. The van der Waals surface area contributed by atoms with Crippen molar-refractivity contribution >= 4 is 12.4 Å². The molecule has 0 N–H and O–H groups in total. The smallest absolute Gasteiger partial charge is 0.0881 e. The standard InChI is InChI=1S/C9H8N2.ClH/c1-2-5-9-8(4-1)10-6-3-7-11-9;/h1-6H,7H2;1H. The second-order valence-electron chi connectivity index (χ2n) is 2.34. The summed E-state index contributed by atoms with van der Waals surface area (Å²) >= 11 is 0. The van der Waals surface area contributed by atoms with E-state index in [1.54, 1.807) is 6.20 Å². The Morgan fingerprint density at radius 1 is 1.08 bits per heavy atom. The average molecular weight is 181 g/mol. The van der Waals surface area contributed by atoms with Crippen LogP contribution in [0, 0.1) is 0 Å². The lowest BCUT2D eigenvalue weighted by Gasteiger charge is -1.83. The molecule has 3 heteroatoms. The molecule has 1 aromatic carbocycles. The summed E-state index contributed by atoms with van der Waals surface area (Å²) in [6.45, 7) is 0.737. The highest BCUT2D eigenvalue weighted by atomic mass is 35.5. The van der Waals surface area contributed by atoms with Crippen molar-refractivity contribution in [2.75, 3.05) is 6.54 Å². The molecule has 0 spiro atoms. The summed E-state index contributed by atoms with van der Waals surface area (Å²) in [6.07, 6.45) is 3.75. The van der Waals surface area contributed by atoms with E-state index in [-0.39, 0.29) is 12.4 Å². The highest BCUT2D eigenvalue weighted by Crippen LogP contribution is 1.80. The predicted octanol–water partition coefficient (Wildman–Crippen LogP) is 0.875. The van der Waals surface area contributed by atoms with Crippen LogP contribution in [0.3, 0.4) is 0 Å². The van der Waals surface area contributed by atoms with E-state index >= 15 is 0 Å². The monoisotopic (exact) mass is 180 g/mol. The van der Waals surface area contributed by atoms with Crippen molar-refractivity contribution in [1.82, 2.24) is 0 Å². The number of rotatable bonds is 0. The number of hydrogen-bond donors (Lipinski definition) is 0. The van der Waals surface area contributed by atoms with E-state index in [0.717, 1.165) is 17.3 Å². The fraction of sp³-hybridized carbons (Fsp3) is 0.111. The molecule has 0 saturated heterocycles. The van der Waals surface area contributed by atoms with Crippen LogP contribution >= 0.6 is 12.4 Å². The van der Waals surface area contributed by atoms with Crippen LogP contribution in [-0.2, 0) is 0 Å². The molecule has 0 amide bonds. The lowest BCUT2D eigenvalue weighted by molar-refractivity contribution is 1.13. The summed E-state index contributed by atoms with van der Waals surface area (Å²) < 4.78 is 0. The van der Waals surface area contributed by atoms with Crippen LogP contribution in [0.25, 0.3) is 0 Å². The quantitative estimate of drug-likeness (QED) is 0.566. The molecular weight excluding hydrogens is 172 g/mol. The first-order valence-electron chi connectivity index (χ1n) is 3.59. The van der Waals surface area contributed by atoms with Crippen LogP contribution < -0.4 is 10.7 Å². The molecule has 0 atom stereocenters. The van der Waals surface area contributed by atoms with Gasteiger partial charge in [-0.1, -0.05) is 12.1 Å². The third-order valence-electron chi connectivity index (χ3n) is 1.57. The van der Waals surface area contributed by atoms with Crippen molar-refractivity contribution in [2.45, 2.75) is 0 Å². The normalized spacial score (nSPS) is 13.0. The van der Waals surface area contributed by atoms with Gasteiger partial charge in [-0.3, -0.25) is 9.98 Å². The number of fused-ring (bicyclic) bond motifs is 1. The Hall–Kier alpha value is -1.15. The Bertz CT molecular complexity index is 395. The molecule has 0 unspecified atom stereocenters. The first-order valence-corrected chi connectivity index (χ1v) is 3.59. The van der Waals surface area contributed by atoms with E-state index in [0.29, 0.717) is 0 Å². The second-order valence-corrected chi connectivity index (χ2v) is 2.34. The van der Waals surface area contributed by atoms with Crippen molar-refractivity contribution in [3.63, 3.8) is 0 Å². The highest BCUT2D eigenvalue weighted by molar-refractivity contribution is 5.85. The van der Waals surface area contributed by atoms with Gasteiger partial charge in [0.1, 0.15) is 0 Å². The zero-order chi connectivity index (χ0) is 7.52. The van der Waals surface area contributed by atoms with E-state index in [1.807, 2.05) is 30.3 Å². The molecule has 2 rings (SSSR count). The van der Waals surface area contributed by atoms with Crippen molar-refractivity contribution in [3.05, 3.63) is 47.3 Å². The highest BCUT2D eigenvalue weighted by Gasteiger charge is 1.86. The minimum atomic E-state index is 0. The van der Waals surface area contributed by atoms with Crippen molar-refractivity contribution in [1.29, 1.82) is 0 Å². The Kier molecular flexibility index (Phi) is 3.00. The molecule has 1 heterocycles. The third-order valence-corrected chi connectivity index (χ3v) is 1.57. The number of halogens is 1. The van der Waals surface area contributed by atoms with Gasteiger partial charge in [0.25, 0.3) is 0 Å². The number of hydrogen-bond acceptors (Lipinski definition) is 2. The van der Waals surface area contributed by atoms with Gasteiger partial charge in [-0.05, 0) is 18.2 Å². The van der Waals surface area contributed by atoms with Crippen LogP contribution in [0.2, 0.25) is 0 Å². The van der Waals surface area contributed by atoms with Crippen LogP contribution in [0.4, 0.5) is 0 Å². The maximum Gasteiger partial charge on any atom is 0.0881 e. The van der Waals surface area contributed by atoms with Gasteiger partial charge in [0, 0.05) is 6.20 Å². The van der Waals surface area contributed by atoms with Crippen molar-refractivity contribution in [3.8, 4) is 0 Å². The zero-order valence-electron chi connectivity index (χ0n) is 6.47. The minimum Gasteiger partial charge on any atom is -0.279 e. The molecule has 0 bridgehead atoms. The summed E-state index contributed by atoms with van der Waals surface area (Å²) in [4.78, 5) is 8.52. The van der Waals surface area contributed by atoms with Gasteiger partial charge in [-0.15, -0.1) is 12.4 Å². The Balaban J connectivity index is 0.000000720.